The summed E-state index contributed by atoms with van der Waals surface area (Å²) in [5.41, 5.74) is -0.708. The van der Waals surface area contributed by atoms with E-state index in [9.17, 15) is 19.5 Å². The molecule has 32 heavy (non-hydrogen) atoms. The fourth-order valence-corrected chi connectivity index (χ4v) is 2.99. The molecule has 0 radical (unpaired) electrons. The van der Waals surface area contributed by atoms with Crippen molar-refractivity contribution in [3.05, 3.63) is 42.0 Å². The molecule has 1 rings (SSSR count). The van der Waals surface area contributed by atoms with Crippen LogP contribution < -0.4 is 4.74 Å². The highest BCUT2D eigenvalue weighted by atomic mass is 16.6. The highest BCUT2D eigenvalue weighted by molar-refractivity contribution is 6.01. The number of ether oxygens (including phenoxy) is 3. The summed E-state index contributed by atoms with van der Waals surface area (Å²) in [6.45, 7) is 14.5. The van der Waals surface area contributed by atoms with Gasteiger partial charge in [-0.05, 0) is 58.9 Å². The average molecular weight is 451 g/mol. The van der Waals surface area contributed by atoms with Gasteiger partial charge in [-0.3, -0.25) is 4.79 Å². The Balaban J connectivity index is 2.46. The van der Waals surface area contributed by atoms with E-state index in [1.54, 1.807) is 31.2 Å². The summed E-state index contributed by atoms with van der Waals surface area (Å²) in [4.78, 5) is 35.9. The maximum Gasteiger partial charge on any atom is 0.361 e. The van der Waals surface area contributed by atoms with Crippen LogP contribution in [0.3, 0.4) is 0 Å². The molecule has 0 spiro atoms. The first kappa shape index (κ1) is 27.3. The Bertz CT molecular complexity index is 790. The Kier molecular flexibility index (Phi) is 10.6. The lowest BCUT2D eigenvalue weighted by molar-refractivity contribution is -0.918. The van der Waals surface area contributed by atoms with Crippen LogP contribution in [-0.2, 0) is 19.1 Å². The van der Waals surface area contributed by atoms with Crippen LogP contribution >= 0.6 is 0 Å². The third kappa shape index (κ3) is 8.80. The van der Waals surface area contributed by atoms with Crippen LogP contribution in [-0.4, -0.2) is 78.9 Å². The largest absolute Gasteiger partial charge is 0.490 e. The van der Waals surface area contributed by atoms with E-state index in [0.29, 0.717) is 41.0 Å². The summed E-state index contributed by atoms with van der Waals surface area (Å²) >= 11 is 0. The molecule has 0 saturated carbocycles. The number of quaternary nitrogens is 1. The Morgan fingerprint density at radius 1 is 1.00 bits per heavy atom. The number of carbonyl (C=O) groups is 3. The van der Waals surface area contributed by atoms with Crippen LogP contribution in [0.25, 0.3) is 0 Å². The van der Waals surface area contributed by atoms with E-state index in [0.717, 1.165) is 0 Å². The smallest absolute Gasteiger partial charge is 0.361 e. The number of likely N-dealkylation sites (N-methyl/N-ethyl adjacent to an activating group) is 1. The molecule has 178 valence electrons. The van der Waals surface area contributed by atoms with E-state index in [2.05, 4.69) is 6.58 Å². The van der Waals surface area contributed by atoms with Crippen molar-refractivity contribution in [1.82, 2.24) is 0 Å². The van der Waals surface area contributed by atoms with Gasteiger partial charge < -0.3 is 23.8 Å². The predicted octanol–water partition coefficient (Wildman–Crippen LogP) is 2.54. The molecule has 8 heteroatoms. The molecular weight excluding hydrogens is 414 g/mol. The van der Waals surface area contributed by atoms with Crippen molar-refractivity contribution in [1.29, 1.82) is 0 Å². The molecule has 0 saturated heterocycles. The lowest BCUT2D eigenvalue weighted by Gasteiger charge is -2.35. The van der Waals surface area contributed by atoms with Crippen molar-refractivity contribution in [2.75, 3.05) is 46.0 Å². The van der Waals surface area contributed by atoms with Crippen LogP contribution in [0.15, 0.2) is 36.4 Å². The van der Waals surface area contributed by atoms with Crippen molar-refractivity contribution in [2.24, 2.45) is 0 Å². The molecule has 0 aromatic heterocycles. The molecule has 1 aromatic carbocycles. The van der Waals surface area contributed by atoms with E-state index < -0.39 is 11.6 Å². The van der Waals surface area contributed by atoms with Crippen molar-refractivity contribution in [3.8, 4) is 5.75 Å². The number of rotatable bonds is 14. The summed E-state index contributed by atoms with van der Waals surface area (Å²) in [5.74, 6) is -0.636. The Hall–Kier alpha value is -2.71. The minimum absolute atomic E-state index is 0.0846. The summed E-state index contributed by atoms with van der Waals surface area (Å²) in [5, 5.41) is 9.79. The second-order valence-corrected chi connectivity index (χ2v) is 8.25. The zero-order valence-corrected chi connectivity index (χ0v) is 19.8. The summed E-state index contributed by atoms with van der Waals surface area (Å²) < 4.78 is 16.5. The topological polar surface area (TPSA) is 99.1 Å². The Labute approximate surface area is 190 Å². The van der Waals surface area contributed by atoms with E-state index >= 15 is 0 Å². The quantitative estimate of drug-likeness (QED) is 0.153. The third-order valence-corrected chi connectivity index (χ3v) is 5.24. The summed E-state index contributed by atoms with van der Waals surface area (Å²) in [7, 11) is 0. The van der Waals surface area contributed by atoms with Gasteiger partial charge in [-0.25, -0.2) is 9.59 Å². The number of nitrogens with zero attached hydrogens (tertiary/aromatic N) is 1. The number of ketones is 1. The van der Waals surface area contributed by atoms with Crippen molar-refractivity contribution < 1.29 is 38.2 Å². The summed E-state index contributed by atoms with van der Waals surface area (Å²) in [6.07, 6.45) is 0. The Morgan fingerprint density at radius 3 is 2.09 bits per heavy atom. The van der Waals surface area contributed by atoms with Gasteiger partial charge in [0, 0.05) is 11.1 Å². The average Bonchev–Trinajstić information content (AvgIpc) is 2.75. The first-order valence-electron chi connectivity index (χ1n) is 10.8. The number of esters is 2. The van der Waals surface area contributed by atoms with E-state index in [1.165, 1.54) is 13.8 Å². The molecule has 1 N–H and O–H groups in total. The van der Waals surface area contributed by atoms with Gasteiger partial charge in [0.2, 0.25) is 0 Å². The lowest BCUT2D eigenvalue weighted by atomic mass is 9.97. The van der Waals surface area contributed by atoms with Gasteiger partial charge in [0.15, 0.2) is 12.3 Å². The molecule has 0 bridgehead atoms. The number of Topliss-reactive ketones (excluding diaryl/α,β-unsaturated/α-hetero) is 1. The minimum Gasteiger partial charge on any atom is -0.490 e. The SMILES string of the molecule is C=C(C)C(=O)OCC[N+](CC)(CC)CC(=O)OCCOc1ccc(C(=O)C(C)(C)O)cc1. The van der Waals surface area contributed by atoms with E-state index in [-0.39, 0.29) is 38.1 Å². The molecule has 0 atom stereocenters. The highest BCUT2D eigenvalue weighted by Crippen LogP contribution is 2.17. The van der Waals surface area contributed by atoms with Crippen LogP contribution in [0.4, 0.5) is 0 Å². The molecule has 0 amide bonds. The van der Waals surface area contributed by atoms with E-state index in [1.807, 2.05) is 13.8 Å². The normalized spacial score (nSPS) is 11.6. The standard InChI is InChI=1S/C24H36NO7/c1-7-25(8-2,13-14-32-23(28)18(3)4)17-21(26)31-16-15-30-20-11-9-19(10-12-20)22(27)24(5,6)29/h9-12,29H,3,7-8,13-17H2,1-2,4-6H3/q+1. The molecule has 0 aliphatic carbocycles. The van der Waals surface area contributed by atoms with Crippen molar-refractivity contribution in [3.63, 3.8) is 0 Å². The maximum atomic E-state index is 12.3. The third-order valence-electron chi connectivity index (χ3n) is 5.24. The molecular formula is C24H36NO7+. The van der Waals surface area contributed by atoms with Gasteiger partial charge in [0.1, 0.15) is 37.7 Å². The fraction of sp³-hybridized carbons (Fsp3) is 0.542. The van der Waals surface area contributed by atoms with Gasteiger partial charge in [-0.1, -0.05) is 6.58 Å². The van der Waals surface area contributed by atoms with Gasteiger partial charge >= 0.3 is 11.9 Å². The van der Waals surface area contributed by atoms with E-state index in [4.69, 9.17) is 14.2 Å². The second-order valence-electron chi connectivity index (χ2n) is 8.25. The zero-order valence-electron chi connectivity index (χ0n) is 19.8. The minimum atomic E-state index is -1.44. The monoisotopic (exact) mass is 450 g/mol. The van der Waals surface area contributed by atoms with Crippen LogP contribution in [0, 0.1) is 0 Å². The zero-order chi connectivity index (χ0) is 24.4. The first-order chi connectivity index (χ1) is 14.9. The highest BCUT2D eigenvalue weighted by Gasteiger charge is 2.28. The number of aliphatic hydroxyl groups is 1. The number of benzene rings is 1. The number of hydrogen-bond acceptors (Lipinski definition) is 7. The van der Waals surface area contributed by atoms with Crippen molar-refractivity contribution >= 4 is 17.7 Å². The Morgan fingerprint density at radius 2 is 1.59 bits per heavy atom. The number of hydrogen-bond donors (Lipinski definition) is 1. The fourth-order valence-electron chi connectivity index (χ4n) is 2.99. The predicted molar refractivity (Wildman–Crippen MR) is 120 cm³/mol. The molecule has 0 fully saturated rings. The van der Waals surface area contributed by atoms with Crippen molar-refractivity contribution in [2.45, 2.75) is 40.2 Å². The molecule has 1 aromatic rings. The second kappa shape index (κ2) is 12.4. The van der Waals surface area contributed by atoms with Crippen LogP contribution in [0.5, 0.6) is 5.75 Å². The summed E-state index contributed by atoms with van der Waals surface area (Å²) in [6, 6.07) is 6.42. The molecule has 8 nitrogen and oxygen atoms in total. The molecule has 0 aliphatic rings. The van der Waals surface area contributed by atoms with Gasteiger partial charge in [-0.15, -0.1) is 0 Å². The van der Waals surface area contributed by atoms with Gasteiger partial charge in [0.05, 0.1) is 13.1 Å². The lowest BCUT2D eigenvalue weighted by Crippen LogP contribution is -2.53. The molecule has 0 heterocycles. The van der Waals surface area contributed by atoms with Gasteiger partial charge in [-0.2, -0.15) is 0 Å². The molecule has 0 aliphatic heterocycles. The number of carbonyl (C=O) groups excluding carboxylic acids is 3. The molecule has 0 unspecified atom stereocenters. The van der Waals surface area contributed by atoms with Gasteiger partial charge in [0.25, 0.3) is 0 Å². The van der Waals surface area contributed by atoms with Crippen LogP contribution in [0.2, 0.25) is 0 Å². The van der Waals surface area contributed by atoms with Crippen LogP contribution in [0.1, 0.15) is 45.0 Å². The first-order valence-corrected chi connectivity index (χ1v) is 10.8. The maximum absolute atomic E-state index is 12.3.